The SMILES string of the molecule is CCOc1ccc(C2c3cccn3-c3sc4c(c3CN2C(=O)NCc2ccc(C)cc2)CCCC4)cc1. The van der Waals surface area contributed by atoms with Crippen molar-refractivity contribution in [3.63, 3.8) is 0 Å². The Morgan fingerprint density at radius 2 is 1.81 bits per heavy atom. The monoisotopic (exact) mass is 511 g/mol. The minimum Gasteiger partial charge on any atom is -0.494 e. The maximum Gasteiger partial charge on any atom is 0.318 e. The lowest BCUT2D eigenvalue weighted by atomic mass is 9.95. The van der Waals surface area contributed by atoms with Gasteiger partial charge in [-0.3, -0.25) is 0 Å². The first-order chi connectivity index (χ1) is 18.1. The van der Waals surface area contributed by atoms with Crippen molar-refractivity contribution in [2.75, 3.05) is 6.61 Å². The quantitative estimate of drug-likeness (QED) is 0.315. The molecule has 1 N–H and O–H groups in total. The van der Waals surface area contributed by atoms with E-state index in [0.717, 1.165) is 35.4 Å². The van der Waals surface area contributed by atoms with Gasteiger partial charge in [0.2, 0.25) is 0 Å². The lowest BCUT2D eigenvalue weighted by molar-refractivity contribution is 0.180. The zero-order valence-electron chi connectivity index (χ0n) is 21.5. The summed E-state index contributed by atoms with van der Waals surface area (Å²) >= 11 is 1.91. The molecule has 1 atom stereocenters. The molecule has 1 aliphatic heterocycles. The van der Waals surface area contributed by atoms with Gasteiger partial charge in [0.15, 0.2) is 0 Å². The van der Waals surface area contributed by atoms with E-state index in [1.165, 1.54) is 39.4 Å². The number of nitrogens with one attached hydrogen (secondary N) is 1. The number of nitrogens with zero attached hydrogens (tertiary/aromatic N) is 2. The molecule has 6 rings (SSSR count). The number of hydrogen-bond acceptors (Lipinski definition) is 3. The third-order valence-electron chi connectivity index (χ3n) is 7.51. The zero-order valence-corrected chi connectivity index (χ0v) is 22.3. The van der Waals surface area contributed by atoms with Crippen LogP contribution >= 0.6 is 11.3 Å². The Labute approximate surface area is 222 Å². The number of urea groups is 1. The molecule has 0 saturated heterocycles. The highest BCUT2D eigenvalue weighted by Gasteiger charge is 2.36. The van der Waals surface area contributed by atoms with Gasteiger partial charge in [-0.25, -0.2) is 4.79 Å². The van der Waals surface area contributed by atoms with E-state index in [1.54, 1.807) is 0 Å². The number of hydrogen-bond donors (Lipinski definition) is 1. The number of carbonyl (C=O) groups is 1. The lowest BCUT2D eigenvalue weighted by Crippen LogP contribution is -2.41. The Hall–Kier alpha value is -3.51. The van der Waals surface area contributed by atoms with E-state index < -0.39 is 0 Å². The molecule has 2 aliphatic rings. The van der Waals surface area contributed by atoms with E-state index in [-0.39, 0.29) is 12.1 Å². The number of carbonyl (C=O) groups excluding carboxylic acids is 1. The van der Waals surface area contributed by atoms with Crippen molar-refractivity contribution in [2.24, 2.45) is 0 Å². The van der Waals surface area contributed by atoms with Crippen LogP contribution in [0.5, 0.6) is 5.75 Å². The number of thiophene rings is 1. The average Bonchev–Trinajstić information content (AvgIpc) is 3.51. The summed E-state index contributed by atoms with van der Waals surface area (Å²) in [6.07, 6.45) is 6.87. The standard InChI is InChI=1S/C31H33N3O2S/c1-3-36-24-16-14-23(15-17-24)29-27-8-6-18-33(27)30-26(25-7-4-5-9-28(25)37-30)20-34(29)31(35)32-19-22-12-10-21(2)11-13-22/h6,8,10-18,29H,3-5,7,9,19-20H2,1-2H3,(H,32,35). The smallest absolute Gasteiger partial charge is 0.318 e. The van der Waals surface area contributed by atoms with Crippen molar-refractivity contribution in [3.8, 4) is 10.8 Å². The summed E-state index contributed by atoms with van der Waals surface area (Å²) in [4.78, 5) is 17.5. The van der Waals surface area contributed by atoms with E-state index in [0.29, 0.717) is 19.7 Å². The molecular weight excluding hydrogens is 478 g/mol. The number of amides is 2. The van der Waals surface area contributed by atoms with Gasteiger partial charge < -0.3 is 19.5 Å². The molecule has 37 heavy (non-hydrogen) atoms. The minimum atomic E-state index is -0.206. The number of aryl methyl sites for hydroxylation is 2. The molecule has 5 nitrogen and oxygen atoms in total. The Morgan fingerprint density at radius 1 is 1.03 bits per heavy atom. The van der Waals surface area contributed by atoms with Crippen molar-refractivity contribution < 1.29 is 9.53 Å². The fourth-order valence-corrected chi connectivity index (χ4v) is 7.04. The first kappa shape index (κ1) is 23.9. The average molecular weight is 512 g/mol. The van der Waals surface area contributed by atoms with E-state index in [2.05, 4.69) is 71.5 Å². The van der Waals surface area contributed by atoms with E-state index in [9.17, 15) is 4.79 Å². The fourth-order valence-electron chi connectivity index (χ4n) is 5.64. The first-order valence-corrected chi connectivity index (χ1v) is 14.1. The number of aromatic nitrogens is 1. The van der Waals surface area contributed by atoms with Crippen LogP contribution in [0.15, 0.2) is 66.9 Å². The van der Waals surface area contributed by atoms with Crippen LogP contribution < -0.4 is 10.1 Å². The van der Waals surface area contributed by atoms with Gasteiger partial charge in [0.05, 0.1) is 24.9 Å². The molecule has 0 bridgehead atoms. The molecule has 0 spiro atoms. The van der Waals surface area contributed by atoms with Gasteiger partial charge in [0.25, 0.3) is 0 Å². The van der Waals surface area contributed by atoms with Crippen LogP contribution in [0, 0.1) is 6.92 Å². The molecule has 0 fully saturated rings. The van der Waals surface area contributed by atoms with Crippen molar-refractivity contribution >= 4 is 17.4 Å². The van der Waals surface area contributed by atoms with Gasteiger partial charge in [0, 0.05) is 23.2 Å². The van der Waals surface area contributed by atoms with Crippen molar-refractivity contribution in [1.82, 2.24) is 14.8 Å². The van der Waals surface area contributed by atoms with Crippen LogP contribution in [-0.4, -0.2) is 22.1 Å². The van der Waals surface area contributed by atoms with Crippen molar-refractivity contribution in [3.05, 3.63) is 105 Å². The second-order valence-corrected chi connectivity index (χ2v) is 11.1. The van der Waals surface area contributed by atoms with Crippen LogP contribution in [0.3, 0.4) is 0 Å². The highest BCUT2D eigenvalue weighted by atomic mass is 32.1. The van der Waals surface area contributed by atoms with E-state index in [1.807, 2.05) is 35.3 Å². The predicted octanol–water partition coefficient (Wildman–Crippen LogP) is 6.94. The minimum absolute atomic E-state index is 0.0455. The van der Waals surface area contributed by atoms with E-state index in [4.69, 9.17) is 4.74 Å². The largest absolute Gasteiger partial charge is 0.494 e. The van der Waals surface area contributed by atoms with Crippen LogP contribution in [0.4, 0.5) is 4.79 Å². The number of rotatable bonds is 5. The molecular formula is C31H33N3O2S. The zero-order chi connectivity index (χ0) is 25.4. The third kappa shape index (κ3) is 4.55. The molecule has 0 radical (unpaired) electrons. The maximum atomic E-state index is 14.0. The summed E-state index contributed by atoms with van der Waals surface area (Å²) in [7, 11) is 0. The van der Waals surface area contributed by atoms with E-state index >= 15 is 0 Å². The topological polar surface area (TPSA) is 46.5 Å². The summed E-state index contributed by atoms with van der Waals surface area (Å²) in [6, 6.07) is 20.6. The molecule has 2 aromatic heterocycles. The molecule has 0 saturated carbocycles. The Balaban J connectivity index is 1.41. The summed E-state index contributed by atoms with van der Waals surface area (Å²) in [5.41, 5.74) is 7.30. The summed E-state index contributed by atoms with van der Waals surface area (Å²) in [5.74, 6) is 0.846. The molecule has 2 amide bonds. The summed E-state index contributed by atoms with van der Waals surface area (Å²) in [5, 5.41) is 4.50. The van der Waals surface area contributed by atoms with Gasteiger partial charge in [-0.15, -0.1) is 11.3 Å². The molecule has 190 valence electrons. The van der Waals surface area contributed by atoms with Crippen LogP contribution in [0.25, 0.3) is 5.00 Å². The predicted molar refractivity (Wildman–Crippen MR) is 149 cm³/mol. The molecule has 4 aromatic rings. The third-order valence-corrected chi connectivity index (χ3v) is 8.84. The second kappa shape index (κ2) is 10.1. The number of fused-ring (bicyclic) bond motifs is 5. The highest BCUT2D eigenvalue weighted by Crippen LogP contribution is 2.44. The summed E-state index contributed by atoms with van der Waals surface area (Å²) < 4.78 is 8.03. The van der Waals surface area contributed by atoms with Crippen molar-refractivity contribution in [1.29, 1.82) is 0 Å². The molecule has 3 heterocycles. The number of ether oxygens (including phenoxy) is 1. The first-order valence-electron chi connectivity index (χ1n) is 13.3. The molecule has 1 aliphatic carbocycles. The van der Waals surface area contributed by atoms with Crippen LogP contribution in [0.1, 0.15) is 64.2 Å². The van der Waals surface area contributed by atoms with Gasteiger partial charge in [-0.1, -0.05) is 42.0 Å². The maximum absolute atomic E-state index is 14.0. The van der Waals surface area contributed by atoms with Crippen LogP contribution in [0.2, 0.25) is 0 Å². The van der Waals surface area contributed by atoms with Gasteiger partial charge >= 0.3 is 6.03 Å². The summed E-state index contributed by atoms with van der Waals surface area (Å²) in [6.45, 7) is 5.80. The Bertz CT molecular complexity index is 1400. The fraction of sp³-hybridized carbons (Fsp3) is 0.323. The van der Waals surface area contributed by atoms with Gasteiger partial charge in [0.1, 0.15) is 10.8 Å². The molecule has 1 unspecified atom stereocenters. The lowest BCUT2D eigenvalue weighted by Gasteiger charge is -2.31. The highest BCUT2D eigenvalue weighted by molar-refractivity contribution is 7.15. The molecule has 2 aromatic carbocycles. The van der Waals surface area contributed by atoms with Gasteiger partial charge in [-0.05, 0) is 80.5 Å². The Morgan fingerprint density at radius 3 is 2.59 bits per heavy atom. The van der Waals surface area contributed by atoms with Gasteiger partial charge in [-0.2, -0.15) is 0 Å². The van der Waals surface area contributed by atoms with Crippen molar-refractivity contribution in [2.45, 2.75) is 58.7 Å². The molecule has 6 heteroatoms. The Kier molecular flexibility index (Phi) is 6.51. The van der Waals surface area contributed by atoms with Crippen LogP contribution in [-0.2, 0) is 25.9 Å². The normalized spacial score (nSPS) is 16.4. The number of benzene rings is 2. The second-order valence-electron chi connectivity index (χ2n) is 9.97.